The molecule has 3 heterocycles. The maximum Gasteiger partial charge on any atom is 0.266 e. The fourth-order valence-electron chi connectivity index (χ4n) is 1.68. The van der Waals surface area contributed by atoms with E-state index in [0.717, 1.165) is 0 Å². The molecule has 3 aromatic rings. The van der Waals surface area contributed by atoms with E-state index in [-0.39, 0.29) is 17.8 Å². The molecule has 0 atom stereocenters. The van der Waals surface area contributed by atoms with E-state index in [1.807, 2.05) is 0 Å². The Hall–Kier alpha value is -2.51. The summed E-state index contributed by atoms with van der Waals surface area (Å²) in [5, 5.41) is 11.5. The third-order valence-electron chi connectivity index (χ3n) is 2.70. The van der Waals surface area contributed by atoms with Crippen LogP contribution in [0, 0.1) is 13.8 Å². The Balaban J connectivity index is 2.13. The Morgan fingerprint density at radius 1 is 1.22 bits per heavy atom. The first-order valence-corrected chi connectivity index (χ1v) is 5.26. The van der Waals surface area contributed by atoms with Crippen LogP contribution in [-0.2, 0) is 6.54 Å². The predicted molar refractivity (Wildman–Crippen MR) is 58.9 cm³/mol. The minimum absolute atomic E-state index is 0.221. The van der Waals surface area contributed by atoms with Crippen molar-refractivity contribution >= 4 is 11.1 Å². The zero-order valence-corrected chi connectivity index (χ0v) is 9.75. The van der Waals surface area contributed by atoms with Crippen LogP contribution in [0.15, 0.2) is 20.3 Å². The third-order valence-corrected chi connectivity index (χ3v) is 2.70. The van der Waals surface area contributed by atoms with Crippen LogP contribution in [0.25, 0.3) is 11.1 Å². The van der Waals surface area contributed by atoms with E-state index >= 15 is 0 Å². The van der Waals surface area contributed by atoms with Crippen molar-refractivity contribution in [3.63, 3.8) is 0 Å². The van der Waals surface area contributed by atoms with Crippen molar-refractivity contribution in [3.8, 4) is 0 Å². The lowest BCUT2D eigenvalue weighted by Crippen LogP contribution is -2.21. The van der Waals surface area contributed by atoms with Crippen molar-refractivity contribution < 1.29 is 9.15 Å². The van der Waals surface area contributed by atoms with Gasteiger partial charge in [0.15, 0.2) is 0 Å². The second kappa shape index (κ2) is 3.76. The van der Waals surface area contributed by atoms with E-state index < -0.39 is 0 Å². The molecule has 0 radical (unpaired) electrons. The monoisotopic (exact) mass is 247 g/mol. The van der Waals surface area contributed by atoms with Crippen molar-refractivity contribution in [3.05, 3.63) is 33.8 Å². The number of hydrogen-bond acceptors (Lipinski definition) is 7. The summed E-state index contributed by atoms with van der Waals surface area (Å²) >= 11 is 0. The summed E-state index contributed by atoms with van der Waals surface area (Å²) in [4.78, 5) is 16.2. The summed E-state index contributed by atoms with van der Waals surface area (Å²) in [6, 6.07) is 0. The summed E-state index contributed by atoms with van der Waals surface area (Å²) in [5.41, 5.74) is 1.77. The normalized spacial score (nSPS) is 11.2. The van der Waals surface area contributed by atoms with Crippen LogP contribution < -0.4 is 5.56 Å². The second-order valence-electron chi connectivity index (χ2n) is 3.92. The van der Waals surface area contributed by atoms with Gasteiger partial charge < -0.3 is 4.52 Å². The molecular weight excluding hydrogens is 238 g/mol. The molecule has 92 valence electrons. The average Bonchev–Trinajstić information content (AvgIpc) is 2.91. The molecule has 8 nitrogen and oxygen atoms in total. The summed E-state index contributed by atoms with van der Waals surface area (Å²) in [6.07, 6.45) is 1.39. The smallest absolute Gasteiger partial charge is 0.266 e. The van der Waals surface area contributed by atoms with E-state index in [1.165, 1.54) is 10.9 Å². The molecule has 0 saturated heterocycles. The summed E-state index contributed by atoms with van der Waals surface area (Å²) in [5.74, 6) is 0. The molecule has 0 saturated carbocycles. The molecule has 0 spiro atoms. The number of aromatic nitrogens is 5. The van der Waals surface area contributed by atoms with E-state index in [0.29, 0.717) is 22.5 Å². The first-order chi connectivity index (χ1) is 8.66. The highest BCUT2D eigenvalue weighted by atomic mass is 16.6. The molecular formula is C10H9N5O3. The SMILES string of the molecule is Cc1nonc1Cn1cnc2onc(C)c2c1=O. The second-order valence-corrected chi connectivity index (χ2v) is 3.92. The molecule has 18 heavy (non-hydrogen) atoms. The van der Waals surface area contributed by atoms with Gasteiger partial charge in [0.05, 0.1) is 12.2 Å². The van der Waals surface area contributed by atoms with Gasteiger partial charge in [-0.1, -0.05) is 15.5 Å². The van der Waals surface area contributed by atoms with Crippen molar-refractivity contribution in [2.75, 3.05) is 0 Å². The fourth-order valence-corrected chi connectivity index (χ4v) is 1.68. The summed E-state index contributed by atoms with van der Waals surface area (Å²) < 4.78 is 10.9. The molecule has 3 aromatic heterocycles. The lowest BCUT2D eigenvalue weighted by molar-refractivity contribution is 0.300. The van der Waals surface area contributed by atoms with E-state index in [4.69, 9.17) is 4.52 Å². The lowest BCUT2D eigenvalue weighted by Gasteiger charge is -2.01. The molecule has 0 aliphatic heterocycles. The highest BCUT2D eigenvalue weighted by Gasteiger charge is 2.14. The van der Waals surface area contributed by atoms with Gasteiger partial charge in [-0.3, -0.25) is 9.36 Å². The fraction of sp³-hybridized carbons (Fsp3) is 0.300. The van der Waals surface area contributed by atoms with E-state index in [1.54, 1.807) is 13.8 Å². The maximum absolute atomic E-state index is 12.2. The van der Waals surface area contributed by atoms with Crippen LogP contribution in [0.2, 0.25) is 0 Å². The van der Waals surface area contributed by atoms with Crippen LogP contribution in [0.3, 0.4) is 0 Å². The van der Waals surface area contributed by atoms with Crippen LogP contribution in [0.1, 0.15) is 17.1 Å². The van der Waals surface area contributed by atoms with Crippen LogP contribution in [-0.4, -0.2) is 25.0 Å². The van der Waals surface area contributed by atoms with Gasteiger partial charge in [-0.25, -0.2) is 9.61 Å². The number of nitrogens with zero attached hydrogens (tertiary/aromatic N) is 5. The van der Waals surface area contributed by atoms with E-state index in [2.05, 4.69) is 25.1 Å². The Bertz CT molecular complexity index is 769. The zero-order chi connectivity index (χ0) is 12.7. The molecule has 8 heteroatoms. The number of fused-ring (bicyclic) bond motifs is 1. The van der Waals surface area contributed by atoms with Crippen molar-refractivity contribution in [1.29, 1.82) is 0 Å². The lowest BCUT2D eigenvalue weighted by atomic mass is 10.3. The maximum atomic E-state index is 12.2. The van der Waals surface area contributed by atoms with Crippen molar-refractivity contribution in [1.82, 2.24) is 25.0 Å². The minimum atomic E-state index is -0.221. The topological polar surface area (TPSA) is 99.8 Å². The Kier molecular flexibility index (Phi) is 2.22. The number of rotatable bonds is 2. The van der Waals surface area contributed by atoms with Gasteiger partial charge in [0, 0.05) is 0 Å². The molecule has 0 aliphatic rings. The standard InChI is InChI=1S/C10H9N5O3/c1-5-7(14-18-13-5)3-15-4-11-9-8(10(15)16)6(2)12-17-9/h4H,3H2,1-2H3. The first-order valence-electron chi connectivity index (χ1n) is 5.26. The Labute approximate surface area is 100 Å². The van der Waals surface area contributed by atoms with Crippen molar-refractivity contribution in [2.24, 2.45) is 0 Å². The molecule has 3 rings (SSSR count). The number of aryl methyl sites for hydroxylation is 2. The molecule has 0 aliphatic carbocycles. The largest absolute Gasteiger partial charge is 0.335 e. The molecule has 0 bridgehead atoms. The van der Waals surface area contributed by atoms with Gasteiger partial charge in [0.1, 0.15) is 23.1 Å². The summed E-state index contributed by atoms with van der Waals surface area (Å²) in [6.45, 7) is 3.71. The Morgan fingerprint density at radius 3 is 2.78 bits per heavy atom. The van der Waals surface area contributed by atoms with Crippen LogP contribution in [0.5, 0.6) is 0 Å². The predicted octanol–water partition coefficient (Wildman–Crippen LogP) is 0.433. The van der Waals surface area contributed by atoms with Gasteiger partial charge >= 0.3 is 0 Å². The first kappa shape index (κ1) is 10.6. The zero-order valence-electron chi connectivity index (χ0n) is 9.75. The molecule has 0 N–H and O–H groups in total. The molecule has 0 fully saturated rings. The highest BCUT2D eigenvalue weighted by Crippen LogP contribution is 2.10. The van der Waals surface area contributed by atoms with Crippen molar-refractivity contribution in [2.45, 2.75) is 20.4 Å². The molecule has 0 amide bonds. The van der Waals surface area contributed by atoms with Gasteiger partial charge in [-0.2, -0.15) is 0 Å². The third kappa shape index (κ3) is 1.50. The van der Waals surface area contributed by atoms with Gasteiger partial charge in [-0.05, 0) is 13.8 Å². The van der Waals surface area contributed by atoms with Gasteiger partial charge in [0.2, 0.25) is 0 Å². The number of hydrogen-bond donors (Lipinski definition) is 0. The van der Waals surface area contributed by atoms with Gasteiger partial charge in [0.25, 0.3) is 11.3 Å². The van der Waals surface area contributed by atoms with E-state index in [9.17, 15) is 4.79 Å². The van der Waals surface area contributed by atoms with Gasteiger partial charge in [-0.15, -0.1) is 0 Å². The average molecular weight is 247 g/mol. The minimum Gasteiger partial charge on any atom is -0.335 e. The Morgan fingerprint density at radius 2 is 2.06 bits per heavy atom. The van der Waals surface area contributed by atoms with Crippen LogP contribution in [0.4, 0.5) is 0 Å². The molecule has 0 unspecified atom stereocenters. The summed E-state index contributed by atoms with van der Waals surface area (Å²) in [7, 11) is 0. The highest BCUT2D eigenvalue weighted by molar-refractivity contribution is 5.73. The quantitative estimate of drug-likeness (QED) is 0.647. The van der Waals surface area contributed by atoms with Crippen LogP contribution >= 0.6 is 0 Å². The molecule has 0 aromatic carbocycles.